The molecule has 3 aromatic carbocycles. The molecule has 0 radical (unpaired) electrons. The van der Waals surface area contributed by atoms with Crippen LogP contribution in [0.4, 0.5) is 5.69 Å². The van der Waals surface area contributed by atoms with Gasteiger partial charge in [0.2, 0.25) is 5.91 Å². The molecule has 0 aromatic heterocycles. The molecule has 3 nitrogen and oxygen atoms in total. The summed E-state index contributed by atoms with van der Waals surface area (Å²) in [5, 5.41) is 8.33. The van der Waals surface area contributed by atoms with Gasteiger partial charge >= 0.3 is 0 Å². The first-order valence-corrected chi connectivity index (χ1v) is 13.6. The van der Waals surface area contributed by atoms with E-state index in [1.165, 1.54) is 48.8 Å². The minimum atomic E-state index is -1.98. The molecule has 0 spiro atoms. The second-order valence-corrected chi connectivity index (χ2v) is 13.2. The van der Waals surface area contributed by atoms with Crippen LogP contribution >= 0.6 is 0 Å². The van der Waals surface area contributed by atoms with Crippen LogP contribution in [0.15, 0.2) is 59.6 Å². The van der Waals surface area contributed by atoms with Crippen molar-refractivity contribution in [3.8, 4) is 0 Å². The van der Waals surface area contributed by atoms with Crippen LogP contribution < -0.4 is 26.3 Å². The fraction of sp³-hybridized carbons (Fsp3) is 0.231. The molecule has 3 aromatic rings. The third-order valence-corrected chi connectivity index (χ3v) is 10.0. The Hall–Kier alpha value is -2.98. The summed E-state index contributed by atoms with van der Waals surface area (Å²) in [4.78, 5) is 16.4. The SMILES string of the molecule is CC(=O)Nc1ccc2c(c1)[Si](C)(C)c1cc3c(cc1=C2c1ccccc1C)CCN=3. The first-order chi connectivity index (χ1) is 14.4. The predicted octanol–water partition coefficient (Wildman–Crippen LogP) is 2.51. The topological polar surface area (TPSA) is 41.5 Å². The van der Waals surface area contributed by atoms with Crippen molar-refractivity contribution < 1.29 is 4.79 Å². The van der Waals surface area contributed by atoms with Crippen LogP contribution in [0.2, 0.25) is 13.1 Å². The Morgan fingerprint density at radius 3 is 2.57 bits per heavy atom. The Morgan fingerprint density at radius 2 is 1.80 bits per heavy atom. The number of carbonyl (C=O) groups is 1. The highest BCUT2D eigenvalue weighted by Crippen LogP contribution is 2.28. The van der Waals surface area contributed by atoms with Gasteiger partial charge < -0.3 is 5.32 Å². The molecule has 0 fully saturated rings. The van der Waals surface area contributed by atoms with Crippen molar-refractivity contribution in [3.63, 3.8) is 0 Å². The van der Waals surface area contributed by atoms with Crippen LogP contribution in [0.5, 0.6) is 0 Å². The van der Waals surface area contributed by atoms with E-state index in [9.17, 15) is 4.79 Å². The van der Waals surface area contributed by atoms with Crippen LogP contribution in [0.1, 0.15) is 29.2 Å². The van der Waals surface area contributed by atoms with Gasteiger partial charge in [-0.05, 0) is 81.0 Å². The number of nitrogens with zero attached hydrogens (tertiary/aromatic N) is 1. The summed E-state index contributed by atoms with van der Waals surface area (Å²) in [5.74, 6) is -0.0367. The van der Waals surface area contributed by atoms with Gasteiger partial charge in [-0.15, -0.1) is 0 Å². The van der Waals surface area contributed by atoms with Crippen LogP contribution in [0.3, 0.4) is 0 Å². The Labute approximate surface area is 178 Å². The van der Waals surface area contributed by atoms with Gasteiger partial charge in [-0.3, -0.25) is 9.79 Å². The standard InChI is InChI=1S/C26H26N2OSi/c1-16-7-5-6-8-20(16)26-21-10-9-19(28-17(2)29)14-24(21)30(3,4)25-15-23-18(11-12-27-23)13-22(25)26/h5-10,13-15H,11-12H2,1-4H3,(H,28,29). The molecule has 0 aliphatic carbocycles. The van der Waals surface area contributed by atoms with E-state index in [1.54, 1.807) is 6.92 Å². The normalized spacial score (nSPS) is 15.7. The van der Waals surface area contributed by atoms with E-state index in [2.05, 4.69) is 73.9 Å². The summed E-state index contributed by atoms with van der Waals surface area (Å²) in [5.41, 5.74) is 7.42. The van der Waals surface area contributed by atoms with Gasteiger partial charge in [-0.25, -0.2) is 0 Å². The molecule has 150 valence electrons. The lowest BCUT2D eigenvalue weighted by Gasteiger charge is -2.34. The second kappa shape index (κ2) is 6.78. The molecule has 0 bridgehead atoms. The first kappa shape index (κ1) is 19.0. The number of hydrogen-bond donors (Lipinski definition) is 1. The number of aryl methyl sites for hydroxylation is 1. The summed E-state index contributed by atoms with van der Waals surface area (Å²) >= 11 is 0. The van der Waals surface area contributed by atoms with Gasteiger partial charge in [0.25, 0.3) is 0 Å². The third kappa shape index (κ3) is 2.86. The highest BCUT2D eigenvalue weighted by molar-refractivity contribution is 7.01. The highest BCUT2D eigenvalue weighted by Gasteiger charge is 2.36. The molecule has 5 rings (SSSR count). The van der Waals surface area contributed by atoms with Crippen molar-refractivity contribution in [2.75, 3.05) is 11.9 Å². The van der Waals surface area contributed by atoms with E-state index in [0.29, 0.717) is 0 Å². The molecule has 2 aliphatic rings. The number of carbonyl (C=O) groups excluding carboxylic acids is 1. The number of benzene rings is 3. The van der Waals surface area contributed by atoms with Crippen molar-refractivity contribution in [1.82, 2.24) is 0 Å². The lowest BCUT2D eigenvalue weighted by molar-refractivity contribution is -0.114. The lowest BCUT2D eigenvalue weighted by atomic mass is 9.91. The molecule has 2 heterocycles. The number of anilines is 1. The molecular weight excluding hydrogens is 384 g/mol. The Morgan fingerprint density at radius 1 is 1.00 bits per heavy atom. The van der Waals surface area contributed by atoms with E-state index >= 15 is 0 Å². The zero-order valence-corrected chi connectivity index (χ0v) is 19.0. The van der Waals surface area contributed by atoms with Gasteiger partial charge in [-0.2, -0.15) is 0 Å². The number of hydrogen-bond acceptors (Lipinski definition) is 2. The van der Waals surface area contributed by atoms with Gasteiger partial charge in [0.05, 0.1) is 5.36 Å². The third-order valence-electron chi connectivity index (χ3n) is 6.52. The number of rotatable bonds is 2. The molecule has 4 heteroatoms. The van der Waals surface area contributed by atoms with Crippen LogP contribution in [0, 0.1) is 6.92 Å². The van der Waals surface area contributed by atoms with E-state index < -0.39 is 8.07 Å². The fourth-order valence-electron chi connectivity index (χ4n) is 5.00. The van der Waals surface area contributed by atoms with Crippen molar-refractivity contribution in [2.24, 2.45) is 4.99 Å². The van der Waals surface area contributed by atoms with Gasteiger partial charge in [0.15, 0.2) is 0 Å². The lowest BCUT2D eigenvalue weighted by Crippen LogP contribution is -2.63. The van der Waals surface area contributed by atoms with E-state index in [-0.39, 0.29) is 5.91 Å². The molecule has 0 saturated carbocycles. The second-order valence-electron chi connectivity index (χ2n) is 8.91. The molecule has 1 N–H and O–H groups in total. The van der Waals surface area contributed by atoms with Crippen molar-refractivity contribution in [2.45, 2.75) is 33.4 Å². The maximum absolute atomic E-state index is 11.7. The van der Waals surface area contributed by atoms with Crippen LogP contribution in [0.25, 0.3) is 5.57 Å². The average molecular weight is 411 g/mol. The number of amides is 1. The first-order valence-electron chi connectivity index (χ1n) is 10.6. The molecule has 2 aliphatic heterocycles. The minimum Gasteiger partial charge on any atom is -0.326 e. The summed E-state index contributed by atoms with van der Waals surface area (Å²) < 4.78 is 0. The zero-order valence-electron chi connectivity index (χ0n) is 18.0. The van der Waals surface area contributed by atoms with Crippen LogP contribution in [-0.4, -0.2) is 20.5 Å². The van der Waals surface area contributed by atoms with E-state index in [0.717, 1.165) is 18.7 Å². The highest BCUT2D eigenvalue weighted by atomic mass is 28.3. The van der Waals surface area contributed by atoms with Gasteiger partial charge in [0, 0.05) is 19.2 Å². The van der Waals surface area contributed by atoms with Gasteiger partial charge in [-0.1, -0.05) is 43.4 Å². The summed E-state index contributed by atoms with van der Waals surface area (Å²) in [7, 11) is -1.98. The van der Waals surface area contributed by atoms with E-state index in [1.807, 2.05) is 6.07 Å². The maximum Gasteiger partial charge on any atom is 0.221 e. The number of nitrogens with one attached hydrogen (secondary N) is 1. The molecule has 30 heavy (non-hydrogen) atoms. The van der Waals surface area contributed by atoms with Crippen molar-refractivity contribution in [1.29, 1.82) is 0 Å². The van der Waals surface area contributed by atoms with E-state index in [4.69, 9.17) is 4.99 Å². The quantitative estimate of drug-likeness (QED) is 0.648. The summed E-state index contributed by atoms with van der Waals surface area (Å²) in [6.45, 7) is 9.47. The molecule has 1 amide bonds. The fourth-order valence-corrected chi connectivity index (χ4v) is 8.05. The zero-order chi connectivity index (χ0) is 21.0. The Kier molecular flexibility index (Phi) is 4.29. The maximum atomic E-state index is 11.7. The monoisotopic (exact) mass is 410 g/mol. The molecule has 0 atom stereocenters. The minimum absolute atomic E-state index is 0.0367. The smallest absolute Gasteiger partial charge is 0.221 e. The molecule has 0 unspecified atom stereocenters. The largest absolute Gasteiger partial charge is 0.326 e. The van der Waals surface area contributed by atoms with Crippen molar-refractivity contribution >= 4 is 35.6 Å². The van der Waals surface area contributed by atoms with Crippen LogP contribution in [-0.2, 0) is 11.2 Å². The average Bonchev–Trinajstić information content (AvgIpc) is 3.16. The summed E-state index contributed by atoms with van der Waals surface area (Å²) in [6.07, 6.45) is 1.03. The molecule has 0 saturated heterocycles. The Bertz CT molecular complexity index is 1340. The summed E-state index contributed by atoms with van der Waals surface area (Å²) in [6, 6.07) is 19.9. The van der Waals surface area contributed by atoms with Crippen molar-refractivity contribution in [3.05, 3.63) is 87.4 Å². The number of fused-ring (bicyclic) bond motifs is 3. The molecular formula is C26H26N2OSi. The predicted molar refractivity (Wildman–Crippen MR) is 126 cm³/mol. The van der Waals surface area contributed by atoms with Gasteiger partial charge in [0.1, 0.15) is 8.07 Å². The Balaban J connectivity index is 1.92.